The van der Waals surface area contributed by atoms with Crippen LogP contribution < -0.4 is 0 Å². The number of aromatic nitrogens is 1. The molecule has 0 unspecified atom stereocenters. The standard InChI is InChI=1S/C40H35N.C13H12.C2H6/c1-4-16-39-40(31-18-13-14-19-31)37-28-32(33-26-25-30(3)36(27-33)35-23-15-12-17-29(35)2)20-8-5-6-11-24-38(37)41(39)34-21-9-7-10-22-34;1-11-7-9-13(10-8-11)12-5-3-2-4-6-12;1-2/h4-18,20-28H,19H2,1-3H3;2-10H,1H3;1-2H3/b6-5?,8-5?,11-6?,16-4-,20-8?,24-11?,32-20?,32-28?,37-28?,38-24?;;. The number of hydrogen-bond donors (Lipinski definition) is 0. The lowest BCUT2D eigenvalue weighted by molar-refractivity contribution is 1.10. The Morgan fingerprint density at radius 1 is 0.518 bits per heavy atom. The molecule has 278 valence electrons. The van der Waals surface area contributed by atoms with Crippen molar-refractivity contribution in [3.63, 3.8) is 0 Å². The fourth-order valence-electron chi connectivity index (χ4n) is 7.24. The van der Waals surface area contributed by atoms with Crippen LogP contribution in [0.25, 0.3) is 61.6 Å². The van der Waals surface area contributed by atoms with E-state index in [9.17, 15) is 0 Å². The lowest BCUT2D eigenvalue weighted by atomic mass is 9.92. The van der Waals surface area contributed by atoms with Crippen molar-refractivity contribution in [1.29, 1.82) is 0 Å². The van der Waals surface area contributed by atoms with E-state index in [1.54, 1.807) is 0 Å². The van der Waals surface area contributed by atoms with Crippen LogP contribution in [0.4, 0.5) is 0 Å². The quantitative estimate of drug-likeness (QED) is 0.161. The minimum Gasteiger partial charge on any atom is -0.309 e. The van der Waals surface area contributed by atoms with Crippen LogP contribution in [0.5, 0.6) is 0 Å². The molecule has 0 spiro atoms. The van der Waals surface area contributed by atoms with Crippen LogP contribution in [-0.2, 0) is 0 Å². The van der Waals surface area contributed by atoms with Gasteiger partial charge in [-0.3, -0.25) is 0 Å². The summed E-state index contributed by atoms with van der Waals surface area (Å²) in [6.07, 6.45) is 12.0. The number of rotatable bonds is 6. The van der Waals surface area contributed by atoms with Crippen LogP contribution in [-0.4, -0.2) is 4.57 Å². The molecular formula is C55H53N. The zero-order valence-corrected chi connectivity index (χ0v) is 33.7. The van der Waals surface area contributed by atoms with Crippen LogP contribution in [0, 0.1) is 20.8 Å². The van der Waals surface area contributed by atoms with Crippen molar-refractivity contribution in [1.82, 2.24) is 4.57 Å². The predicted octanol–water partition coefficient (Wildman–Crippen LogP) is 15.8. The Kier molecular flexibility index (Phi) is 13.5. The Bertz CT molecular complexity index is 2530. The number of benzene rings is 5. The van der Waals surface area contributed by atoms with Gasteiger partial charge in [-0.05, 0) is 121 Å². The highest BCUT2D eigenvalue weighted by molar-refractivity contribution is 6.00. The summed E-state index contributed by atoms with van der Waals surface area (Å²) in [5.74, 6) is 0. The van der Waals surface area contributed by atoms with E-state index < -0.39 is 0 Å². The molecule has 1 aliphatic carbocycles. The van der Waals surface area contributed by atoms with Gasteiger partial charge in [0.2, 0.25) is 0 Å². The van der Waals surface area contributed by atoms with Gasteiger partial charge in [0.05, 0.1) is 11.2 Å². The largest absolute Gasteiger partial charge is 0.309 e. The van der Waals surface area contributed by atoms with E-state index in [0.29, 0.717) is 0 Å². The highest BCUT2D eigenvalue weighted by Crippen LogP contribution is 2.39. The van der Waals surface area contributed by atoms with E-state index in [1.807, 2.05) is 19.9 Å². The second kappa shape index (κ2) is 19.2. The van der Waals surface area contributed by atoms with Crippen LogP contribution in [0.2, 0.25) is 0 Å². The first-order valence-electron chi connectivity index (χ1n) is 19.9. The summed E-state index contributed by atoms with van der Waals surface area (Å²) >= 11 is 0. The molecule has 8 rings (SSSR count). The molecule has 7 aromatic rings. The summed E-state index contributed by atoms with van der Waals surface area (Å²) in [6, 6.07) is 60.7. The maximum Gasteiger partial charge on any atom is 0.0541 e. The van der Waals surface area contributed by atoms with E-state index in [1.165, 1.54) is 77.8 Å². The first-order valence-corrected chi connectivity index (χ1v) is 19.9. The van der Waals surface area contributed by atoms with Crippen LogP contribution in [0.1, 0.15) is 55.1 Å². The van der Waals surface area contributed by atoms with Gasteiger partial charge in [-0.1, -0.05) is 183 Å². The number of hydrogen-bond acceptors (Lipinski definition) is 0. The molecule has 0 fully saturated rings. The average molecular weight is 728 g/mol. The topological polar surface area (TPSA) is 4.93 Å². The molecule has 1 aromatic heterocycles. The Balaban J connectivity index is 0.000000297. The number of nitrogens with zero attached hydrogens (tertiary/aromatic N) is 1. The minimum atomic E-state index is 0.931. The fourth-order valence-corrected chi connectivity index (χ4v) is 7.24. The van der Waals surface area contributed by atoms with E-state index in [2.05, 4.69) is 226 Å². The monoisotopic (exact) mass is 727 g/mol. The number of para-hydroxylation sites is 1. The van der Waals surface area contributed by atoms with Crippen molar-refractivity contribution < 1.29 is 0 Å². The minimum absolute atomic E-state index is 0.931. The van der Waals surface area contributed by atoms with E-state index in [0.717, 1.165) is 12.1 Å². The van der Waals surface area contributed by atoms with Gasteiger partial charge < -0.3 is 4.57 Å². The lowest BCUT2D eigenvalue weighted by Gasteiger charge is -2.12. The predicted molar refractivity (Wildman–Crippen MR) is 246 cm³/mol. The Morgan fingerprint density at radius 3 is 1.73 bits per heavy atom. The second-order valence-corrected chi connectivity index (χ2v) is 13.8. The Labute approximate surface area is 335 Å². The van der Waals surface area contributed by atoms with Crippen molar-refractivity contribution in [3.05, 3.63) is 222 Å². The summed E-state index contributed by atoms with van der Waals surface area (Å²) in [5.41, 5.74) is 17.6. The maximum atomic E-state index is 2.40. The summed E-state index contributed by atoms with van der Waals surface area (Å²) in [5, 5.41) is 1.24. The normalized spacial score (nSPS) is 11.6. The average Bonchev–Trinajstić information content (AvgIpc) is 3.88. The maximum absolute atomic E-state index is 2.40. The van der Waals surface area contributed by atoms with E-state index >= 15 is 0 Å². The third kappa shape index (κ3) is 9.08. The van der Waals surface area contributed by atoms with Gasteiger partial charge in [0.25, 0.3) is 0 Å². The fraction of sp³-hybridized carbons (Fsp3) is 0.127. The van der Waals surface area contributed by atoms with Crippen molar-refractivity contribution in [3.8, 4) is 39.1 Å². The molecule has 0 aliphatic heterocycles. The van der Waals surface area contributed by atoms with Gasteiger partial charge in [-0.25, -0.2) is 0 Å². The molecule has 0 saturated heterocycles. The lowest BCUT2D eigenvalue weighted by Crippen LogP contribution is -1.97. The van der Waals surface area contributed by atoms with E-state index in [4.69, 9.17) is 0 Å². The molecule has 56 heavy (non-hydrogen) atoms. The van der Waals surface area contributed by atoms with Gasteiger partial charge >= 0.3 is 0 Å². The Morgan fingerprint density at radius 2 is 1.07 bits per heavy atom. The van der Waals surface area contributed by atoms with Gasteiger partial charge in [0, 0.05) is 16.6 Å². The molecule has 6 aromatic carbocycles. The summed E-state index contributed by atoms with van der Waals surface area (Å²) < 4.78 is 2.40. The molecule has 0 saturated carbocycles. The van der Waals surface area contributed by atoms with Crippen LogP contribution in [0.15, 0.2) is 194 Å². The SMILES string of the molecule is C/C=C\c1c(C2=CC=CC2)c2cc(-c3ccc(C)c(-c4ccccc4C)c3)ccccccc2n1-c1ccccc1.CC.Cc1ccc(-c2ccccc2)cc1. The zero-order valence-electron chi connectivity index (χ0n) is 33.7. The zero-order chi connectivity index (χ0) is 39.3. The smallest absolute Gasteiger partial charge is 0.0541 e. The first kappa shape index (κ1) is 39.3. The highest BCUT2D eigenvalue weighted by Gasteiger charge is 2.20. The molecule has 1 aliphatic rings. The molecule has 1 heterocycles. The van der Waals surface area contributed by atoms with Gasteiger partial charge in [-0.15, -0.1) is 0 Å². The first-order chi connectivity index (χ1) is 27.5. The third-order valence-corrected chi connectivity index (χ3v) is 10.0. The van der Waals surface area contributed by atoms with Gasteiger partial charge in [0.15, 0.2) is 0 Å². The molecule has 0 N–H and O–H groups in total. The molecule has 0 atom stereocenters. The van der Waals surface area contributed by atoms with Crippen LogP contribution in [0.3, 0.4) is 0 Å². The molecule has 0 bridgehead atoms. The summed E-state index contributed by atoms with van der Waals surface area (Å²) in [6.45, 7) is 12.6. The van der Waals surface area contributed by atoms with Crippen molar-refractivity contribution >= 4 is 22.6 Å². The van der Waals surface area contributed by atoms with Crippen molar-refractivity contribution in [2.24, 2.45) is 0 Å². The third-order valence-electron chi connectivity index (χ3n) is 10.0. The number of aryl methyl sites for hydroxylation is 3. The summed E-state index contributed by atoms with van der Waals surface area (Å²) in [4.78, 5) is 0. The number of fused-ring (bicyclic) bond motifs is 1. The second-order valence-electron chi connectivity index (χ2n) is 13.8. The molecule has 0 radical (unpaired) electrons. The Hall–Kier alpha value is -6.44. The van der Waals surface area contributed by atoms with Crippen molar-refractivity contribution in [2.45, 2.75) is 48.0 Å². The highest BCUT2D eigenvalue weighted by atomic mass is 15.0. The van der Waals surface area contributed by atoms with Gasteiger partial charge in [0.1, 0.15) is 0 Å². The van der Waals surface area contributed by atoms with E-state index in [-0.39, 0.29) is 0 Å². The van der Waals surface area contributed by atoms with Gasteiger partial charge in [-0.2, -0.15) is 0 Å². The molecule has 1 heteroatoms. The number of allylic oxidation sites excluding steroid dienone is 5. The van der Waals surface area contributed by atoms with Crippen molar-refractivity contribution in [2.75, 3.05) is 0 Å². The summed E-state index contributed by atoms with van der Waals surface area (Å²) in [7, 11) is 0. The molecule has 1 nitrogen and oxygen atoms in total. The molecular weight excluding hydrogens is 675 g/mol. The van der Waals surface area contributed by atoms with Crippen LogP contribution >= 0.6 is 0 Å². The molecule has 0 amide bonds.